The molecule has 2 heterocycles. The number of nitrogens with zero attached hydrogens (tertiary/aromatic N) is 2. The van der Waals surface area contributed by atoms with Gasteiger partial charge in [0.15, 0.2) is 0 Å². The number of aryl methyl sites for hydroxylation is 2. The third-order valence-electron chi connectivity index (χ3n) is 7.78. The van der Waals surface area contributed by atoms with E-state index in [4.69, 9.17) is 4.99 Å². The van der Waals surface area contributed by atoms with Crippen molar-refractivity contribution in [1.82, 2.24) is 9.62 Å². The number of hydrogen-bond acceptors (Lipinski definition) is 5. The molecule has 0 aromatic heterocycles. The van der Waals surface area contributed by atoms with E-state index in [0.717, 1.165) is 22.4 Å². The molecule has 35 heavy (non-hydrogen) atoms. The Hall–Kier alpha value is -2.33. The van der Waals surface area contributed by atoms with Gasteiger partial charge in [0, 0.05) is 31.7 Å². The lowest BCUT2D eigenvalue weighted by Crippen LogP contribution is -2.51. The molecule has 1 amide bonds. The lowest BCUT2D eigenvalue weighted by atomic mass is 9.85. The summed E-state index contributed by atoms with van der Waals surface area (Å²) in [5.41, 5.74) is 3.42. The number of benzene rings is 1. The van der Waals surface area contributed by atoms with Crippen molar-refractivity contribution in [3.05, 3.63) is 40.5 Å². The summed E-state index contributed by atoms with van der Waals surface area (Å²) in [5.74, 6) is 0.368. The van der Waals surface area contributed by atoms with Gasteiger partial charge in [0.1, 0.15) is 11.4 Å². The van der Waals surface area contributed by atoms with Gasteiger partial charge < -0.3 is 10.6 Å². The average Bonchev–Trinajstić information content (AvgIpc) is 3.14. The van der Waals surface area contributed by atoms with Gasteiger partial charge in [0.25, 0.3) is 12.0 Å². The van der Waals surface area contributed by atoms with Crippen molar-refractivity contribution >= 4 is 27.5 Å². The van der Waals surface area contributed by atoms with E-state index in [1.165, 1.54) is 4.31 Å². The fraction of sp³-hybridized carbons (Fsp3) is 0.600. The highest BCUT2D eigenvalue weighted by molar-refractivity contribution is 7.89. The van der Waals surface area contributed by atoms with Crippen LogP contribution < -0.4 is 10.6 Å². The molecule has 0 bridgehead atoms. The molecule has 2 fully saturated rings. The molecule has 1 saturated heterocycles. The lowest BCUT2D eigenvalue weighted by molar-refractivity contribution is -0.125. The van der Waals surface area contributed by atoms with Gasteiger partial charge in [-0.3, -0.25) is 9.79 Å². The summed E-state index contributed by atoms with van der Waals surface area (Å²) in [6.45, 7) is 4.47. The Morgan fingerprint density at radius 3 is 2.31 bits per heavy atom. The Balaban J connectivity index is 1.38. The molecular weight excluding hydrogens is 474 g/mol. The smallest absolute Gasteiger partial charge is 0.269 e. The number of anilines is 1. The number of allylic oxidation sites excluding steroid dienone is 1. The molecule has 7 nitrogen and oxygen atoms in total. The van der Waals surface area contributed by atoms with Gasteiger partial charge >= 0.3 is 0 Å². The number of amides is 1. The van der Waals surface area contributed by atoms with Gasteiger partial charge in [-0.2, -0.15) is 8.78 Å². The molecule has 1 spiro atoms. The maximum Gasteiger partial charge on any atom is 0.269 e. The van der Waals surface area contributed by atoms with Crippen LogP contribution in [0.2, 0.25) is 0 Å². The predicted octanol–water partition coefficient (Wildman–Crippen LogP) is 3.92. The molecule has 2 N–H and O–H groups in total. The quantitative estimate of drug-likeness (QED) is 0.610. The van der Waals surface area contributed by atoms with Gasteiger partial charge in [0.05, 0.1) is 5.75 Å². The summed E-state index contributed by atoms with van der Waals surface area (Å²) in [6, 6.07) is 4.04. The van der Waals surface area contributed by atoms with Crippen LogP contribution in [0.1, 0.15) is 55.2 Å². The van der Waals surface area contributed by atoms with Crippen LogP contribution in [0.5, 0.6) is 0 Å². The van der Waals surface area contributed by atoms with E-state index in [9.17, 15) is 22.0 Å². The van der Waals surface area contributed by atoms with Crippen LogP contribution in [0.15, 0.2) is 28.8 Å². The fourth-order valence-electron chi connectivity index (χ4n) is 5.53. The minimum atomic E-state index is -3.48. The highest BCUT2D eigenvalue weighted by Crippen LogP contribution is 2.37. The molecule has 192 valence electrons. The highest BCUT2D eigenvalue weighted by atomic mass is 32.2. The van der Waals surface area contributed by atoms with E-state index in [0.29, 0.717) is 50.8 Å². The Morgan fingerprint density at radius 2 is 1.77 bits per heavy atom. The summed E-state index contributed by atoms with van der Waals surface area (Å²) < 4.78 is 53.4. The Morgan fingerprint density at radius 1 is 1.17 bits per heavy atom. The average molecular weight is 509 g/mol. The van der Waals surface area contributed by atoms with Crippen molar-refractivity contribution < 1.29 is 22.0 Å². The first-order valence-corrected chi connectivity index (χ1v) is 13.9. The second-order valence-electron chi connectivity index (χ2n) is 9.92. The van der Waals surface area contributed by atoms with Crippen LogP contribution in [0, 0.1) is 19.8 Å². The predicted molar refractivity (Wildman–Crippen MR) is 133 cm³/mol. The minimum absolute atomic E-state index is 0.0182. The summed E-state index contributed by atoms with van der Waals surface area (Å²) >= 11 is 0. The molecular formula is C25H34F2N4O3S. The number of nitrogens with one attached hydrogen (secondary N) is 2. The number of piperidine rings is 1. The molecule has 0 unspecified atom stereocenters. The second kappa shape index (κ2) is 9.97. The zero-order valence-electron chi connectivity index (χ0n) is 20.6. The first kappa shape index (κ1) is 25.8. The standard InChI is InChI=1S/C25H34F2N4O3S/c1-16-14-20(28-3)15-17(2)21(16)8-13-35(33,34)31-11-9-25(10-12-31)24(32)29-23(30-25)19-6-4-18(5-7-19)22(26)27/h14-15,19,28H,4-13H2,1-3H3,(H,29,30,32). The molecule has 1 aromatic carbocycles. The maximum atomic E-state index is 13.1. The minimum Gasteiger partial charge on any atom is -0.388 e. The third kappa shape index (κ3) is 5.28. The van der Waals surface area contributed by atoms with Gasteiger partial charge in [-0.25, -0.2) is 12.7 Å². The molecule has 2 aliphatic heterocycles. The highest BCUT2D eigenvalue weighted by Gasteiger charge is 2.48. The summed E-state index contributed by atoms with van der Waals surface area (Å²) in [7, 11) is -1.62. The Bertz CT molecular complexity index is 1130. The molecule has 1 saturated carbocycles. The van der Waals surface area contributed by atoms with Gasteiger partial charge in [-0.15, -0.1) is 0 Å². The van der Waals surface area contributed by atoms with Crippen molar-refractivity contribution in [1.29, 1.82) is 0 Å². The number of sulfonamides is 1. The fourth-order valence-corrected chi connectivity index (χ4v) is 6.99. The molecule has 3 aliphatic rings. The normalized spacial score (nSPS) is 22.8. The molecule has 1 aliphatic carbocycles. The number of halogens is 2. The monoisotopic (exact) mass is 508 g/mol. The van der Waals surface area contributed by atoms with E-state index >= 15 is 0 Å². The first-order valence-electron chi connectivity index (χ1n) is 12.2. The molecule has 10 heteroatoms. The van der Waals surface area contributed by atoms with Crippen LogP contribution in [-0.2, 0) is 21.2 Å². The van der Waals surface area contributed by atoms with Crippen LogP contribution in [-0.4, -0.2) is 55.9 Å². The number of hydrogen-bond donors (Lipinski definition) is 2. The van der Waals surface area contributed by atoms with Gasteiger partial charge in [-0.1, -0.05) is 0 Å². The number of rotatable bonds is 6. The van der Waals surface area contributed by atoms with Crippen LogP contribution in [0.25, 0.3) is 0 Å². The Kier molecular flexibility index (Phi) is 7.33. The van der Waals surface area contributed by atoms with E-state index < -0.39 is 21.6 Å². The van der Waals surface area contributed by atoms with E-state index in [-0.39, 0.29) is 36.2 Å². The van der Waals surface area contributed by atoms with Crippen molar-refractivity contribution in [3.8, 4) is 0 Å². The third-order valence-corrected chi connectivity index (χ3v) is 9.65. The summed E-state index contributed by atoms with van der Waals surface area (Å²) in [4.78, 5) is 17.6. The number of carbonyl (C=O) groups excluding carboxylic acids is 1. The van der Waals surface area contributed by atoms with Crippen LogP contribution >= 0.6 is 0 Å². The molecule has 0 radical (unpaired) electrons. The van der Waals surface area contributed by atoms with Crippen molar-refractivity contribution in [2.45, 2.75) is 64.3 Å². The van der Waals surface area contributed by atoms with Crippen molar-refractivity contribution in [3.63, 3.8) is 0 Å². The maximum absolute atomic E-state index is 13.1. The number of amidine groups is 1. The van der Waals surface area contributed by atoms with Crippen molar-refractivity contribution in [2.24, 2.45) is 10.9 Å². The zero-order chi connectivity index (χ0) is 25.4. The molecule has 1 aromatic rings. The number of carbonyl (C=O) groups is 1. The SMILES string of the molecule is CNc1cc(C)c(CCS(=O)(=O)N2CCC3(CC2)N=C(C2CCC(=C(F)F)CC2)NC3=O)c(C)c1. The first-order chi connectivity index (χ1) is 16.5. The Labute approximate surface area is 206 Å². The van der Waals surface area contributed by atoms with E-state index in [2.05, 4.69) is 10.6 Å². The number of aliphatic imine (C=N–C) groups is 1. The van der Waals surface area contributed by atoms with Crippen LogP contribution in [0.3, 0.4) is 0 Å². The van der Waals surface area contributed by atoms with Crippen molar-refractivity contribution in [2.75, 3.05) is 31.2 Å². The molecule has 4 rings (SSSR count). The van der Waals surface area contributed by atoms with E-state index in [1.54, 1.807) is 0 Å². The summed E-state index contributed by atoms with van der Waals surface area (Å²) in [5, 5.41) is 6.00. The van der Waals surface area contributed by atoms with E-state index in [1.807, 2.05) is 33.0 Å². The van der Waals surface area contributed by atoms with Crippen LogP contribution in [0.4, 0.5) is 14.5 Å². The lowest BCUT2D eigenvalue weighted by Gasteiger charge is -2.34. The largest absolute Gasteiger partial charge is 0.388 e. The van der Waals surface area contributed by atoms with Gasteiger partial charge in [-0.05, 0) is 93.2 Å². The zero-order valence-corrected chi connectivity index (χ0v) is 21.4. The topological polar surface area (TPSA) is 90.9 Å². The molecule has 0 atom stereocenters. The summed E-state index contributed by atoms with van der Waals surface area (Å²) in [6.07, 6.45) is 1.21. The van der Waals surface area contributed by atoms with Gasteiger partial charge in [0.2, 0.25) is 10.0 Å². The second-order valence-corrected chi connectivity index (χ2v) is 12.0.